The molecule has 0 saturated carbocycles. The Balaban J connectivity index is 1.77. The van der Waals surface area contributed by atoms with Gasteiger partial charge in [0.25, 0.3) is 0 Å². The molecule has 1 heterocycles. The molecule has 1 aromatic rings. The Morgan fingerprint density at radius 1 is 0.600 bits per heavy atom. The Morgan fingerprint density at radius 2 is 0.980 bits per heavy atom. The van der Waals surface area contributed by atoms with E-state index >= 15 is 0 Å². The van der Waals surface area contributed by atoms with Gasteiger partial charge in [0, 0.05) is 38.2 Å². The maximum Gasteiger partial charge on any atom is 0.220 e. The zero-order valence-electron chi connectivity index (χ0n) is 33.3. The van der Waals surface area contributed by atoms with Gasteiger partial charge in [-0.2, -0.15) is 0 Å². The van der Waals surface area contributed by atoms with Crippen LogP contribution in [0.1, 0.15) is 180 Å². The molecule has 1 saturated heterocycles. The number of rotatable bonds is 34. The molecule has 2 N–H and O–H groups in total. The second-order valence-corrected chi connectivity index (χ2v) is 15.5. The molecule has 50 heavy (non-hydrogen) atoms. The van der Waals surface area contributed by atoms with Crippen molar-refractivity contribution in [1.82, 2.24) is 9.80 Å². The summed E-state index contributed by atoms with van der Waals surface area (Å²) in [6.07, 6.45) is 33.5. The van der Waals surface area contributed by atoms with Crippen molar-refractivity contribution in [3.05, 3.63) is 23.8 Å². The molecule has 0 spiro atoms. The summed E-state index contributed by atoms with van der Waals surface area (Å²) in [6.45, 7) is 11.2. The van der Waals surface area contributed by atoms with Crippen molar-refractivity contribution in [3.8, 4) is 11.5 Å². The second-order valence-electron chi connectivity index (χ2n) is 15.5. The van der Waals surface area contributed by atoms with Crippen LogP contribution < -0.4 is 15.2 Å². The second kappa shape index (κ2) is 30.8. The maximum absolute atomic E-state index is 12.5. The van der Waals surface area contributed by atoms with Crippen molar-refractivity contribution < 1.29 is 14.3 Å². The molecule has 290 valence electrons. The fourth-order valence-electron chi connectivity index (χ4n) is 7.22. The van der Waals surface area contributed by atoms with Crippen LogP contribution in [0.15, 0.2) is 18.2 Å². The average Bonchev–Trinajstić information content (AvgIpc) is 3.11. The van der Waals surface area contributed by atoms with Gasteiger partial charge in [-0.15, -0.1) is 0 Å². The lowest BCUT2D eigenvalue weighted by molar-refractivity contribution is -0.122. The number of benzene rings is 1. The minimum Gasteiger partial charge on any atom is -0.493 e. The quantitative estimate of drug-likeness (QED) is 0.0725. The van der Waals surface area contributed by atoms with E-state index in [1.165, 1.54) is 141 Å². The zero-order chi connectivity index (χ0) is 35.9. The Morgan fingerprint density at radius 3 is 1.36 bits per heavy atom. The van der Waals surface area contributed by atoms with Gasteiger partial charge in [-0.1, -0.05) is 155 Å². The first-order valence-electron chi connectivity index (χ1n) is 21.6. The van der Waals surface area contributed by atoms with Crippen LogP contribution in [-0.2, 0) is 11.2 Å². The predicted molar refractivity (Wildman–Crippen MR) is 215 cm³/mol. The lowest BCUT2D eigenvalue weighted by atomic mass is 9.95. The number of hydrogen-bond acceptors (Lipinski definition) is 5. The van der Waals surface area contributed by atoms with Gasteiger partial charge in [-0.25, -0.2) is 0 Å². The van der Waals surface area contributed by atoms with Gasteiger partial charge in [0.2, 0.25) is 5.91 Å². The Kier molecular flexibility index (Phi) is 27.3. The summed E-state index contributed by atoms with van der Waals surface area (Å²) in [7, 11) is 2.17. The molecule has 6 nitrogen and oxygen atoms in total. The normalized spacial score (nSPS) is 14.6. The number of ether oxygens (including phenoxy) is 2. The van der Waals surface area contributed by atoms with Crippen LogP contribution in [0.2, 0.25) is 0 Å². The number of amides is 1. The molecule has 1 unspecified atom stereocenters. The van der Waals surface area contributed by atoms with Crippen molar-refractivity contribution in [3.63, 3.8) is 0 Å². The van der Waals surface area contributed by atoms with Crippen LogP contribution in [-0.4, -0.2) is 68.7 Å². The van der Waals surface area contributed by atoms with Gasteiger partial charge >= 0.3 is 0 Å². The molecule has 2 rings (SSSR count). The fraction of sp³-hybridized carbons (Fsp3) is 0.841. The standard InChI is InChI=1S/C44H81N3O3/c1-4-6-8-10-12-14-16-18-20-22-24-26-34-49-42-37-40(36-41(44(45)48)28-29-47-32-30-46(3)31-33-47)38-43(39-42)50-35-27-25-23-21-19-17-15-13-11-9-7-5-2/h37-39,41H,4-36H2,1-3H3,(H2,45,48). The summed E-state index contributed by atoms with van der Waals surface area (Å²) in [6, 6.07) is 6.28. The highest BCUT2D eigenvalue weighted by atomic mass is 16.5. The maximum atomic E-state index is 12.5. The van der Waals surface area contributed by atoms with E-state index < -0.39 is 0 Å². The molecule has 1 aliphatic heterocycles. The number of carbonyl (C=O) groups is 1. The molecule has 0 aliphatic carbocycles. The monoisotopic (exact) mass is 700 g/mol. The van der Waals surface area contributed by atoms with E-state index in [9.17, 15) is 4.79 Å². The largest absolute Gasteiger partial charge is 0.493 e. The highest BCUT2D eigenvalue weighted by Crippen LogP contribution is 2.27. The molecular formula is C44H81N3O3. The van der Waals surface area contributed by atoms with E-state index in [0.717, 1.165) is 82.3 Å². The lowest BCUT2D eigenvalue weighted by Gasteiger charge is -2.33. The number of primary amides is 1. The summed E-state index contributed by atoms with van der Waals surface area (Å²) in [5.74, 6) is 1.32. The van der Waals surface area contributed by atoms with Gasteiger partial charge in [0.15, 0.2) is 0 Å². The molecule has 1 aromatic carbocycles. The van der Waals surface area contributed by atoms with Crippen LogP contribution in [0, 0.1) is 5.92 Å². The molecule has 1 amide bonds. The highest BCUT2D eigenvalue weighted by Gasteiger charge is 2.20. The highest BCUT2D eigenvalue weighted by molar-refractivity contribution is 5.77. The van der Waals surface area contributed by atoms with Crippen molar-refractivity contribution in [2.24, 2.45) is 11.7 Å². The molecule has 6 heteroatoms. The topological polar surface area (TPSA) is 68.0 Å². The number of piperazine rings is 1. The summed E-state index contributed by atoms with van der Waals surface area (Å²) in [5, 5.41) is 0. The summed E-state index contributed by atoms with van der Waals surface area (Å²) in [5.41, 5.74) is 7.04. The predicted octanol–water partition coefficient (Wildman–Crippen LogP) is 11.1. The smallest absolute Gasteiger partial charge is 0.220 e. The van der Waals surface area contributed by atoms with E-state index in [1.807, 2.05) is 6.07 Å². The number of nitrogens with zero attached hydrogens (tertiary/aromatic N) is 2. The summed E-state index contributed by atoms with van der Waals surface area (Å²) < 4.78 is 12.6. The van der Waals surface area contributed by atoms with Crippen LogP contribution in [0.3, 0.4) is 0 Å². The van der Waals surface area contributed by atoms with Crippen molar-refractivity contribution in [2.75, 3.05) is 53.0 Å². The fourth-order valence-corrected chi connectivity index (χ4v) is 7.22. The average molecular weight is 700 g/mol. The molecule has 1 aliphatic rings. The summed E-state index contributed by atoms with van der Waals surface area (Å²) >= 11 is 0. The first kappa shape index (κ1) is 44.4. The number of likely N-dealkylation sites (N-methyl/N-ethyl adjacent to an activating group) is 1. The number of nitrogens with two attached hydrogens (primary N) is 1. The van der Waals surface area contributed by atoms with Gasteiger partial charge in [-0.3, -0.25) is 4.79 Å². The number of carbonyl (C=O) groups excluding carboxylic acids is 1. The third kappa shape index (κ3) is 23.6. The number of unbranched alkanes of at least 4 members (excludes halogenated alkanes) is 22. The Bertz CT molecular complexity index is 885. The molecule has 0 radical (unpaired) electrons. The van der Waals surface area contributed by atoms with Crippen molar-refractivity contribution in [2.45, 2.75) is 181 Å². The van der Waals surface area contributed by atoms with E-state index in [2.05, 4.69) is 42.8 Å². The van der Waals surface area contributed by atoms with Gasteiger partial charge in [0.05, 0.1) is 13.2 Å². The number of hydrogen-bond donors (Lipinski definition) is 1. The van der Waals surface area contributed by atoms with E-state index in [0.29, 0.717) is 6.42 Å². The van der Waals surface area contributed by atoms with E-state index in [1.54, 1.807) is 0 Å². The Hall–Kier alpha value is -1.79. The first-order chi connectivity index (χ1) is 24.5. The molecule has 1 atom stereocenters. The van der Waals surface area contributed by atoms with E-state index in [4.69, 9.17) is 15.2 Å². The Labute approximate surface area is 310 Å². The molecule has 0 bridgehead atoms. The van der Waals surface area contributed by atoms with Gasteiger partial charge in [0.1, 0.15) is 11.5 Å². The third-order valence-electron chi connectivity index (χ3n) is 10.7. The third-order valence-corrected chi connectivity index (χ3v) is 10.7. The zero-order valence-corrected chi connectivity index (χ0v) is 33.3. The van der Waals surface area contributed by atoms with E-state index in [-0.39, 0.29) is 11.8 Å². The SMILES string of the molecule is CCCCCCCCCCCCCCOc1cc(CC(CCN2CCN(C)CC2)C(N)=O)cc(OCCCCCCCCCCCCCC)c1. The minimum absolute atomic E-state index is 0.189. The minimum atomic E-state index is -0.207. The van der Waals surface area contributed by atoms with Crippen LogP contribution in [0.5, 0.6) is 11.5 Å². The van der Waals surface area contributed by atoms with Crippen LogP contribution in [0.4, 0.5) is 0 Å². The van der Waals surface area contributed by atoms with Gasteiger partial charge in [-0.05, 0) is 57.0 Å². The van der Waals surface area contributed by atoms with Crippen LogP contribution >= 0.6 is 0 Å². The van der Waals surface area contributed by atoms with Crippen molar-refractivity contribution in [1.29, 1.82) is 0 Å². The molecule has 0 aromatic heterocycles. The first-order valence-corrected chi connectivity index (χ1v) is 21.6. The lowest BCUT2D eigenvalue weighted by Crippen LogP contribution is -2.45. The molecule has 1 fully saturated rings. The van der Waals surface area contributed by atoms with Gasteiger partial charge < -0.3 is 25.0 Å². The van der Waals surface area contributed by atoms with Crippen molar-refractivity contribution >= 4 is 5.91 Å². The molecular weight excluding hydrogens is 619 g/mol. The van der Waals surface area contributed by atoms with Crippen LogP contribution in [0.25, 0.3) is 0 Å². The summed E-state index contributed by atoms with van der Waals surface area (Å²) in [4.78, 5) is 17.4.